The third kappa shape index (κ3) is 2.62. The Balaban J connectivity index is 2.19. The third-order valence-corrected chi connectivity index (χ3v) is 4.37. The number of benzene rings is 1. The SMILES string of the molecule is CNc1nc(-c2cc3ccccc3o2)nc(C(C)C)c1I. The molecule has 108 valence electrons. The van der Waals surface area contributed by atoms with Gasteiger partial charge in [-0.15, -0.1) is 0 Å². The molecule has 1 N–H and O–H groups in total. The molecule has 0 radical (unpaired) electrons. The first-order valence-corrected chi connectivity index (χ1v) is 7.92. The quantitative estimate of drug-likeness (QED) is 0.658. The van der Waals surface area contributed by atoms with Gasteiger partial charge in [-0.25, -0.2) is 9.97 Å². The molecule has 2 aromatic heterocycles. The summed E-state index contributed by atoms with van der Waals surface area (Å²) in [6, 6.07) is 9.92. The Kier molecular flexibility index (Phi) is 3.84. The lowest BCUT2D eigenvalue weighted by Gasteiger charge is -2.12. The van der Waals surface area contributed by atoms with Crippen LogP contribution < -0.4 is 5.32 Å². The summed E-state index contributed by atoms with van der Waals surface area (Å²) in [6.07, 6.45) is 0. The zero-order valence-electron chi connectivity index (χ0n) is 12.1. The van der Waals surface area contributed by atoms with E-state index in [9.17, 15) is 0 Å². The summed E-state index contributed by atoms with van der Waals surface area (Å²) >= 11 is 2.29. The van der Waals surface area contributed by atoms with Crippen LogP contribution in [-0.2, 0) is 0 Å². The van der Waals surface area contributed by atoms with Gasteiger partial charge in [0, 0.05) is 12.4 Å². The number of fused-ring (bicyclic) bond motifs is 1. The van der Waals surface area contributed by atoms with Crippen LogP contribution in [0, 0.1) is 3.57 Å². The van der Waals surface area contributed by atoms with E-state index in [0.717, 1.165) is 26.1 Å². The highest BCUT2D eigenvalue weighted by Crippen LogP contribution is 2.30. The molecule has 5 heteroatoms. The molecule has 0 bridgehead atoms. The van der Waals surface area contributed by atoms with Crippen molar-refractivity contribution in [2.24, 2.45) is 0 Å². The van der Waals surface area contributed by atoms with Crippen LogP contribution in [0.4, 0.5) is 5.82 Å². The van der Waals surface area contributed by atoms with E-state index in [1.807, 2.05) is 37.4 Å². The van der Waals surface area contributed by atoms with Crippen LogP contribution in [0.15, 0.2) is 34.7 Å². The first-order valence-electron chi connectivity index (χ1n) is 6.84. The van der Waals surface area contributed by atoms with Gasteiger partial charge in [-0.2, -0.15) is 0 Å². The maximum atomic E-state index is 5.87. The number of rotatable bonds is 3. The highest BCUT2D eigenvalue weighted by Gasteiger charge is 2.17. The number of furan rings is 1. The number of aromatic nitrogens is 2. The molecule has 3 rings (SSSR count). The standard InChI is InChI=1S/C16H16IN3O/c1-9(2)14-13(17)16(18-3)20-15(19-14)12-8-10-6-4-5-7-11(10)21-12/h4-9H,1-3H3,(H,18,19,20). The predicted molar refractivity (Wildman–Crippen MR) is 93.6 cm³/mol. The normalized spacial score (nSPS) is 11.3. The second kappa shape index (κ2) is 5.63. The molecule has 3 aromatic rings. The van der Waals surface area contributed by atoms with E-state index in [1.165, 1.54) is 0 Å². The van der Waals surface area contributed by atoms with Crippen molar-refractivity contribution in [3.63, 3.8) is 0 Å². The van der Waals surface area contributed by atoms with Crippen molar-refractivity contribution in [2.45, 2.75) is 19.8 Å². The summed E-state index contributed by atoms with van der Waals surface area (Å²) in [4.78, 5) is 9.27. The molecule has 0 spiro atoms. The number of hydrogen-bond donors (Lipinski definition) is 1. The fraction of sp³-hybridized carbons (Fsp3) is 0.250. The van der Waals surface area contributed by atoms with Crippen LogP contribution in [0.2, 0.25) is 0 Å². The highest BCUT2D eigenvalue weighted by molar-refractivity contribution is 14.1. The second-order valence-electron chi connectivity index (χ2n) is 5.15. The largest absolute Gasteiger partial charge is 0.453 e. The number of hydrogen-bond acceptors (Lipinski definition) is 4. The van der Waals surface area contributed by atoms with Gasteiger partial charge in [0.1, 0.15) is 11.4 Å². The maximum absolute atomic E-state index is 5.87. The van der Waals surface area contributed by atoms with Gasteiger partial charge in [0.05, 0.1) is 9.26 Å². The van der Waals surface area contributed by atoms with Crippen molar-refractivity contribution in [1.82, 2.24) is 9.97 Å². The fourth-order valence-corrected chi connectivity index (χ4v) is 3.35. The monoisotopic (exact) mass is 393 g/mol. The first kappa shape index (κ1) is 14.3. The molecule has 4 nitrogen and oxygen atoms in total. The van der Waals surface area contributed by atoms with Crippen LogP contribution in [-0.4, -0.2) is 17.0 Å². The number of para-hydroxylation sites is 1. The number of nitrogens with zero attached hydrogens (tertiary/aromatic N) is 2. The van der Waals surface area contributed by atoms with Gasteiger partial charge < -0.3 is 9.73 Å². The van der Waals surface area contributed by atoms with E-state index in [4.69, 9.17) is 9.40 Å². The highest BCUT2D eigenvalue weighted by atomic mass is 127. The third-order valence-electron chi connectivity index (χ3n) is 3.31. The van der Waals surface area contributed by atoms with Crippen molar-refractivity contribution < 1.29 is 4.42 Å². The molecular formula is C16H16IN3O. The predicted octanol–water partition coefficient (Wildman–Crippen LogP) is 4.66. The summed E-state index contributed by atoms with van der Waals surface area (Å²) in [5.41, 5.74) is 1.89. The van der Waals surface area contributed by atoms with Gasteiger partial charge >= 0.3 is 0 Å². The first-order chi connectivity index (χ1) is 10.1. The van der Waals surface area contributed by atoms with E-state index in [0.29, 0.717) is 17.5 Å². The number of anilines is 1. The lowest BCUT2D eigenvalue weighted by atomic mass is 10.1. The molecule has 0 aliphatic rings. The van der Waals surface area contributed by atoms with Crippen molar-refractivity contribution in [2.75, 3.05) is 12.4 Å². The zero-order chi connectivity index (χ0) is 15.0. The van der Waals surface area contributed by atoms with E-state index >= 15 is 0 Å². The Morgan fingerprint density at radius 2 is 1.95 bits per heavy atom. The van der Waals surface area contributed by atoms with Gasteiger partial charge in [0.25, 0.3) is 0 Å². The minimum absolute atomic E-state index is 0.329. The van der Waals surface area contributed by atoms with Crippen molar-refractivity contribution in [3.05, 3.63) is 39.6 Å². The molecular weight excluding hydrogens is 377 g/mol. The fourth-order valence-electron chi connectivity index (χ4n) is 2.21. The molecule has 0 amide bonds. The van der Waals surface area contributed by atoms with Crippen LogP contribution >= 0.6 is 22.6 Å². The summed E-state index contributed by atoms with van der Waals surface area (Å²) in [5.74, 6) is 2.49. The molecule has 0 saturated carbocycles. The summed E-state index contributed by atoms with van der Waals surface area (Å²) in [7, 11) is 1.87. The summed E-state index contributed by atoms with van der Waals surface area (Å²) in [5, 5.41) is 4.20. The van der Waals surface area contributed by atoms with Crippen molar-refractivity contribution >= 4 is 39.4 Å². The molecule has 0 atom stereocenters. The lowest BCUT2D eigenvalue weighted by Crippen LogP contribution is -2.06. The molecule has 0 fully saturated rings. The lowest BCUT2D eigenvalue weighted by molar-refractivity contribution is 0.623. The molecule has 0 aliphatic carbocycles. The summed E-state index contributed by atoms with van der Waals surface area (Å²) in [6.45, 7) is 4.26. The second-order valence-corrected chi connectivity index (χ2v) is 6.23. The molecule has 0 unspecified atom stereocenters. The number of nitrogens with one attached hydrogen (secondary N) is 1. The topological polar surface area (TPSA) is 51.0 Å². The van der Waals surface area contributed by atoms with Crippen LogP contribution in [0.25, 0.3) is 22.6 Å². The van der Waals surface area contributed by atoms with E-state index in [-0.39, 0.29) is 0 Å². The Morgan fingerprint density at radius 1 is 1.19 bits per heavy atom. The maximum Gasteiger partial charge on any atom is 0.197 e. The van der Waals surface area contributed by atoms with Gasteiger partial charge in [-0.1, -0.05) is 32.0 Å². The van der Waals surface area contributed by atoms with Gasteiger partial charge in [0.15, 0.2) is 11.6 Å². The Hall–Kier alpha value is -1.63. The Bertz CT molecular complexity index is 762. The zero-order valence-corrected chi connectivity index (χ0v) is 14.3. The Morgan fingerprint density at radius 3 is 2.62 bits per heavy atom. The van der Waals surface area contributed by atoms with Crippen LogP contribution in [0.5, 0.6) is 0 Å². The Labute approximate surface area is 137 Å². The van der Waals surface area contributed by atoms with E-state index in [2.05, 4.69) is 46.7 Å². The molecule has 1 aromatic carbocycles. The van der Waals surface area contributed by atoms with Crippen molar-refractivity contribution in [1.29, 1.82) is 0 Å². The van der Waals surface area contributed by atoms with Crippen LogP contribution in [0.1, 0.15) is 25.5 Å². The molecule has 0 saturated heterocycles. The van der Waals surface area contributed by atoms with Crippen molar-refractivity contribution in [3.8, 4) is 11.6 Å². The smallest absolute Gasteiger partial charge is 0.197 e. The van der Waals surface area contributed by atoms with Gasteiger partial charge in [0.2, 0.25) is 0 Å². The number of halogens is 1. The minimum atomic E-state index is 0.329. The summed E-state index contributed by atoms with van der Waals surface area (Å²) < 4.78 is 6.93. The molecule has 0 aliphatic heterocycles. The molecule has 2 heterocycles. The van der Waals surface area contributed by atoms with E-state index in [1.54, 1.807) is 0 Å². The van der Waals surface area contributed by atoms with Crippen LogP contribution in [0.3, 0.4) is 0 Å². The minimum Gasteiger partial charge on any atom is -0.453 e. The average molecular weight is 393 g/mol. The van der Waals surface area contributed by atoms with E-state index < -0.39 is 0 Å². The van der Waals surface area contributed by atoms with Gasteiger partial charge in [-0.05, 0) is 40.6 Å². The average Bonchev–Trinajstić information content (AvgIpc) is 2.91. The molecule has 21 heavy (non-hydrogen) atoms. The van der Waals surface area contributed by atoms with Gasteiger partial charge in [-0.3, -0.25) is 0 Å².